The second-order valence-electron chi connectivity index (χ2n) is 7.74. The normalized spacial score (nSPS) is 15.4. The first-order valence-electron chi connectivity index (χ1n) is 11.7. The van der Waals surface area contributed by atoms with Crippen LogP contribution in [-0.2, 0) is 28.6 Å². The van der Waals surface area contributed by atoms with Gasteiger partial charge in [-0.3, -0.25) is 4.90 Å². The van der Waals surface area contributed by atoms with E-state index in [1.54, 1.807) is 69.3 Å². The average Bonchev–Trinajstić information content (AvgIpc) is 2.88. The molecule has 0 spiro atoms. The molecule has 0 unspecified atom stereocenters. The molecule has 2 aromatic carbocycles. The van der Waals surface area contributed by atoms with Crippen LogP contribution in [0.1, 0.15) is 32.3 Å². The number of nitrogens with zero attached hydrogens (tertiary/aromatic N) is 1. The Morgan fingerprint density at radius 2 is 1.32 bits per heavy atom. The van der Waals surface area contributed by atoms with Crippen LogP contribution in [0.15, 0.2) is 75.7 Å². The first kappa shape index (κ1) is 27.8. The van der Waals surface area contributed by atoms with Crippen molar-refractivity contribution in [3.05, 3.63) is 81.2 Å². The molecule has 0 aliphatic carbocycles. The van der Waals surface area contributed by atoms with E-state index in [9.17, 15) is 14.4 Å². The predicted molar refractivity (Wildman–Crippen MR) is 140 cm³/mol. The molecule has 0 aromatic heterocycles. The van der Waals surface area contributed by atoms with E-state index in [0.717, 1.165) is 4.47 Å². The van der Waals surface area contributed by atoms with Crippen LogP contribution in [0.2, 0.25) is 0 Å². The van der Waals surface area contributed by atoms with Gasteiger partial charge in [-0.05, 0) is 62.7 Å². The summed E-state index contributed by atoms with van der Waals surface area (Å²) in [7, 11) is 1.52. The summed E-state index contributed by atoms with van der Waals surface area (Å²) in [5.74, 6) is -2.88. The third-order valence-corrected chi connectivity index (χ3v) is 6.10. The summed E-state index contributed by atoms with van der Waals surface area (Å²) in [5, 5.41) is 0. The fraction of sp³-hybridized carbons (Fsp3) is 0.296. The maximum atomic E-state index is 13.5. The Bertz CT molecular complexity index is 1220. The molecule has 0 fully saturated rings. The van der Waals surface area contributed by atoms with Gasteiger partial charge in [0.15, 0.2) is 0 Å². The molecular formula is C27H29BrN2O7. The molecule has 1 heterocycles. The van der Waals surface area contributed by atoms with Crippen LogP contribution >= 0.6 is 15.9 Å². The van der Waals surface area contributed by atoms with Crippen LogP contribution in [0, 0.1) is 0 Å². The summed E-state index contributed by atoms with van der Waals surface area (Å²) in [6.07, 6.45) is 0. The van der Waals surface area contributed by atoms with Crippen molar-refractivity contribution in [2.75, 3.05) is 31.8 Å². The molecule has 196 valence electrons. The second-order valence-corrected chi connectivity index (χ2v) is 8.66. The van der Waals surface area contributed by atoms with Crippen molar-refractivity contribution in [3.63, 3.8) is 0 Å². The minimum absolute atomic E-state index is 0.00362. The van der Waals surface area contributed by atoms with Crippen LogP contribution in [-0.4, -0.2) is 44.8 Å². The number of esters is 3. The molecule has 0 amide bonds. The van der Waals surface area contributed by atoms with Crippen LogP contribution < -0.4 is 15.4 Å². The van der Waals surface area contributed by atoms with Gasteiger partial charge in [0.1, 0.15) is 17.3 Å². The maximum Gasteiger partial charge on any atom is 0.355 e. The maximum absolute atomic E-state index is 13.5. The molecule has 0 saturated carbocycles. The summed E-state index contributed by atoms with van der Waals surface area (Å²) in [6, 6.07) is 13.6. The van der Waals surface area contributed by atoms with Crippen molar-refractivity contribution < 1.29 is 33.3 Å². The lowest BCUT2D eigenvalue weighted by Gasteiger charge is -2.37. The highest BCUT2D eigenvalue weighted by molar-refractivity contribution is 9.10. The molecule has 1 aliphatic heterocycles. The van der Waals surface area contributed by atoms with Crippen molar-refractivity contribution in [2.45, 2.75) is 26.7 Å². The number of anilines is 1. The Morgan fingerprint density at radius 3 is 1.84 bits per heavy atom. The van der Waals surface area contributed by atoms with Gasteiger partial charge < -0.3 is 24.7 Å². The zero-order valence-corrected chi connectivity index (χ0v) is 22.7. The SMILES string of the molecule is CCOC(=O)C1=C(N)N(c2ccc(OC)cc2)C(C(=O)OCC)=C(C(=O)OCC)[C@@H]1c1ccc(Br)cc1. The van der Waals surface area contributed by atoms with Gasteiger partial charge in [-0.15, -0.1) is 0 Å². The first-order valence-corrected chi connectivity index (χ1v) is 12.5. The molecule has 10 heteroatoms. The summed E-state index contributed by atoms with van der Waals surface area (Å²) < 4.78 is 22.1. The minimum Gasteiger partial charge on any atom is -0.497 e. The highest BCUT2D eigenvalue weighted by atomic mass is 79.9. The molecule has 1 aliphatic rings. The molecule has 2 aromatic rings. The molecule has 0 radical (unpaired) electrons. The lowest BCUT2D eigenvalue weighted by Crippen LogP contribution is -2.43. The number of benzene rings is 2. The van der Waals surface area contributed by atoms with E-state index in [-0.39, 0.29) is 42.5 Å². The molecule has 0 saturated heterocycles. The van der Waals surface area contributed by atoms with Gasteiger partial charge >= 0.3 is 17.9 Å². The predicted octanol–water partition coefficient (Wildman–Crippen LogP) is 4.18. The smallest absolute Gasteiger partial charge is 0.355 e. The molecule has 37 heavy (non-hydrogen) atoms. The molecule has 3 rings (SSSR count). The summed E-state index contributed by atoms with van der Waals surface area (Å²) in [6.45, 7) is 5.14. The average molecular weight is 573 g/mol. The van der Waals surface area contributed by atoms with E-state index in [2.05, 4.69) is 15.9 Å². The fourth-order valence-electron chi connectivity index (χ4n) is 4.03. The third kappa shape index (κ3) is 5.80. The van der Waals surface area contributed by atoms with Gasteiger partial charge in [0.05, 0.1) is 44.0 Å². The summed E-state index contributed by atoms with van der Waals surface area (Å²) >= 11 is 3.40. The second kappa shape index (κ2) is 12.4. The van der Waals surface area contributed by atoms with E-state index < -0.39 is 23.8 Å². The van der Waals surface area contributed by atoms with Crippen molar-refractivity contribution in [2.24, 2.45) is 5.73 Å². The van der Waals surface area contributed by atoms with Crippen LogP contribution in [0.3, 0.4) is 0 Å². The fourth-order valence-corrected chi connectivity index (χ4v) is 4.30. The lowest BCUT2D eigenvalue weighted by molar-refractivity contribution is -0.142. The van der Waals surface area contributed by atoms with Gasteiger partial charge in [0, 0.05) is 10.2 Å². The standard InChI is InChI=1S/C27H29BrN2O7/c1-5-35-25(31)21-20(16-8-10-17(28)11-9-16)22(26(32)36-6-2)24(29)30(23(21)27(33)37-7-3)18-12-14-19(34-4)15-13-18/h8-15,20H,5-7,29H2,1-4H3/t20-/m0/s1. The topological polar surface area (TPSA) is 117 Å². The number of hydrogen-bond acceptors (Lipinski definition) is 9. The highest BCUT2D eigenvalue weighted by Crippen LogP contribution is 2.44. The zero-order valence-electron chi connectivity index (χ0n) is 21.1. The number of ether oxygens (including phenoxy) is 4. The lowest BCUT2D eigenvalue weighted by atomic mass is 9.80. The Balaban J connectivity index is 2.43. The quantitative estimate of drug-likeness (QED) is 0.348. The van der Waals surface area contributed by atoms with Crippen molar-refractivity contribution in [1.82, 2.24) is 0 Å². The van der Waals surface area contributed by atoms with Gasteiger partial charge in [0.2, 0.25) is 0 Å². The van der Waals surface area contributed by atoms with E-state index in [1.165, 1.54) is 12.0 Å². The number of nitrogens with two attached hydrogens (primary N) is 1. The minimum atomic E-state index is -1.06. The van der Waals surface area contributed by atoms with Crippen molar-refractivity contribution in [1.29, 1.82) is 0 Å². The Labute approximate surface area is 223 Å². The largest absolute Gasteiger partial charge is 0.497 e. The number of rotatable bonds is 9. The molecule has 2 N–H and O–H groups in total. The molecule has 0 bridgehead atoms. The van der Waals surface area contributed by atoms with Crippen LogP contribution in [0.4, 0.5) is 5.69 Å². The zero-order chi connectivity index (χ0) is 27.1. The van der Waals surface area contributed by atoms with Gasteiger partial charge in [0.25, 0.3) is 0 Å². The van der Waals surface area contributed by atoms with E-state index in [4.69, 9.17) is 24.7 Å². The van der Waals surface area contributed by atoms with Gasteiger partial charge in [-0.1, -0.05) is 28.1 Å². The Hall–Kier alpha value is -3.79. The van der Waals surface area contributed by atoms with Crippen molar-refractivity contribution in [3.8, 4) is 5.75 Å². The van der Waals surface area contributed by atoms with E-state index >= 15 is 0 Å². The van der Waals surface area contributed by atoms with E-state index in [0.29, 0.717) is 17.0 Å². The Kier molecular flexibility index (Phi) is 9.35. The number of carbonyl (C=O) groups excluding carboxylic acids is 3. The van der Waals surface area contributed by atoms with Crippen LogP contribution in [0.5, 0.6) is 5.75 Å². The highest BCUT2D eigenvalue weighted by Gasteiger charge is 2.45. The molecular weight excluding hydrogens is 544 g/mol. The monoisotopic (exact) mass is 572 g/mol. The first-order chi connectivity index (χ1) is 17.8. The van der Waals surface area contributed by atoms with Gasteiger partial charge in [-0.2, -0.15) is 0 Å². The number of methoxy groups -OCH3 is 1. The van der Waals surface area contributed by atoms with Gasteiger partial charge in [-0.25, -0.2) is 14.4 Å². The number of halogens is 1. The third-order valence-electron chi connectivity index (χ3n) is 5.57. The number of hydrogen-bond donors (Lipinski definition) is 1. The Morgan fingerprint density at radius 1 is 0.811 bits per heavy atom. The number of carbonyl (C=O) groups is 3. The van der Waals surface area contributed by atoms with Crippen LogP contribution in [0.25, 0.3) is 0 Å². The summed E-state index contributed by atoms with van der Waals surface area (Å²) in [4.78, 5) is 41.6. The molecule has 1 atom stereocenters. The molecule has 9 nitrogen and oxygen atoms in total. The van der Waals surface area contributed by atoms with E-state index in [1.807, 2.05) is 0 Å². The van der Waals surface area contributed by atoms with Crippen molar-refractivity contribution >= 4 is 39.5 Å². The summed E-state index contributed by atoms with van der Waals surface area (Å²) in [5.41, 5.74) is 7.34.